The Kier molecular flexibility index (Phi) is 15.8. The largest absolute Gasteiger partial charge is 0.504 e. The standard InChI is InChI=1S/C51H68N4O8S2/c1-30(2)44-28-65-64-27-42-41-25-40-33-13-18-38(57)24-37(56)17-12-32-14-20-45(58)47(61-4)39(32)10-7-8-34(23-33)46(48(40)63-49(41)59)62-29-53-51-21-6-5-9-36(51)22-31(26-60-3)11-15-35(51)16-19-43(42)54-50(52)55-44/h14,20,23,30-31,35-36,38,41-44,49,53,57-59H,5-6,8-9,11-13,15,17-18,21-22,24-29H2,1-4H3,(H3,52,54,55)/t31-,35-,36+,38+,41+,42-,43-,44+,49+,51+/m0/s1. The minimum absolute atomic E-state index is 0.0234. The van der Waals surface area contributed by atoms with Crippen molar-refractivity contribution < 1.29 is 39.1 Å². The van der Waals surface area contributed by atoms with Gasteiger partial charge in [0.15, 0.2) is 29.0 Å². The first-order valence-corrected chi connectivity index (χ1v) is 26.3. The lowest BCUT2D eigenvalue weighted by atomic mass is 9.65. The van der Waals surface area contributed by atoms with E-state index in [0.29, 0.717) is 72.2 Å². The zero-order chi connectivity index (χ0) is 45.7. The van der Waals surface area contributed by atoms with Gasteiger partial charge in [-0.15, -0.1) is 0 Å². The van der Waals surface area contributed by atoms with Crippen molar-refractivity contribution >= 4 is 33.3 Å². The van der Waals surface area contributed by atoms with E-state index in [9.17, 15) is 20.1 Å². The highest BCUT2D eigenvalue weighted by Crippen LogP contribution is 2.50. The van der Waals surface area contributed by atoms with Crippen LogP contribution in [0.1, 0.15) is 106 Å². The number of aliphatic imine (C=N–C) groups is 1. The van der Waals surface area contributed by atoms with Crippen LogP contribution < -0.4 is 30.6 Å². The number of guanidine groups is 1. The van der Waals surface area contributed by atoms with Gasteiger partial charge in [0, 0.05) is 78.9 Å². The summed E-state index contributed by atoms with van der Waals surface area (Å²) in [4.78, 5) is 18.3. The summed E-state index contributed by atoms with van der Waals surface area (Å²) >= 11 is 0. The molecule has 12 nitrogen and oxygen atoms in total. The minimum atomic E-state index is -1.20. The Bertz CT molecular complexity index is 2200. The molecule has 2 saturated carbocycles. The molecule has 14 heteroatoms. The van der Waals surface area contributed by atoms with E-state index in [1.54, 1.807) is 40.8 Å². The van der Waals surface area contributed by atoms with Crippen LogP contribution in [0.5, 0.6) is 23.0 Å². The molecule has 2 aromatic rings. The van der Waals surface area contributed by atoms with Gasteiger partial charge in [0.25, 0.3) is 0 Å². The highest BCUT2D eigenvalue weighted by Gasteiger charge is 2.49. The van der Waals surface area contributed by atoms with Gasteiger partial charge in [-0.2, -0.15) is 0 Å². The van der Waals surface area contributed by atoms with Crippen molar-refractivity contribution in [1.29, 1.82) is 0 Å². The molecule has 3 aliphatic carbocycles. The molecule has 9 rings (SSSR count). The molecule has 352 valence electrons. The molecule has 4 aliphatic heterocycles. The van der Waals surface area contributed by atoms with Crippen LogP contribution in [0.3, 0.4) is 0 Å². The second kappa shape index (κ2) is 21.5. The van der Waals surface area contributed by atoms with Crippen LogP contribution >= 0.6 is 21.6 Å². The second-order valence-corrected chi connectivity index (χ2v) is 21.9. The van der Waals surface area contributed by atoms with Crippen molar-refractivity contribution in [3.05, 3.63) is 46.0 Å². The molecule has 4 heterocycles. The molecule has 1 spiro atoms. The smallest absolute Gasteiger partial charge is 0.201 e. The van der Waals surface area contributed by atoms with Crippen LogP contribution in [0.4, 0.5) is 0 Å². The molecule has 6 bridgehead atoms. The van der Waals surface area contributed by atoms with Crippen molar-refractivity contribution in [2.75, 3.05) is 39.1 Å². The van der Waals surface area contributed by atoms with Crippen LogP contribution in [-0.2, 0) is 35.2 Å². The van der Waals surface area contributed by atoms with E-state index in [0.717, 1.165) is 73.1 Å². The van der Waals surface area contributed by atoms with Gasteiger partial charge in [0.05, 0.1) is 30.9 Å². The lowest BCUT2D eigenvalue weighted by molar-refractivity contribution is -0.121. The molecule has 2 aromatic carbocycles. The molecule has 0 unspecified atom stereocenters. The van der Waals surface area contributed by atoms with E-state index in [2.05, 4.69) is 54.2 Å². The lowest BCUT2D eigenvalue weighted by Crippen LogP contribution is -2.58. The summed E-state index contributed by atoms with van der Waals surface area (Å²) in [6.45, 7) is 5.26. The number of nitrogens with two attached hydrogens (primary N) is 1. The first-order valence-electron chi connectivity index (χ1n) is 23.8. The van der Waals surface area contributed by atoms with E-state index in [1.807, 2.05) is 0 Å². The maximum absolute atomic E-state index is 13.3. The number of ether oxygens (including phenoxy) is 4. The predicted molar refractivity (Wildman–Crippen MR) is 257 cm³/mol. The summed E-state index contributed by atoms with van der Waals surface area (Å²) in [5, 5.41) is 42.1. The molecular formula is C51H68N4O8S2. The van der Waals surface area contributed by atoms with E-state index in [-0.39, 0.29) is 72.6 Å². The normalized spacial score (nSPS) is 32.0. The van der Waals surface area contributed by atoms with Crippen LogP contribution in [0.2, 0.25) is 0 Å². The minimum Gasteiger partial charge on any atom is -0.504 e. The number of aliphatic hydroxyl groups is 2. The van der Waals surface area contributed by atoms with Crippen molar-refractivity contribution in [2.24, 2.45) is 46.2 Å². The van der Waals surface area contributed by atoms with Crippen molar-refractivity contribution in [3.8, 4) is 46.7 Å². The Morgan fingerprint density at radius 1 is 0.985 bits per heavy atom. The molecular weight excluding hydrogens is 861 g/mol. The number of phenolic OH excluding ortho intramolecular Hbond substituents is 1. The average molecular weight is 929 g/mol. The van der Waals surface area contributed by atoms with Gasteiger partial charge in [0.2, 0.25) is 6.29 Å². The summed E-state index contributed by atoms with van der Waals surface area (Å²) in [5.41, 5.74) is 10.5. The molecule has 7 aliphatic rings. The molecule has 0 radical (unpaired) electrons. The Labute approximate surface area is 393 Å². The quantitative estimate of drug-likeness (QED) is 0.149. The van der Waals surface area contributed by atoms with Crippen LogP contribution in [-0.4, -0.2) is 96.1 Å². The fourth-order valence-electron chi connectivity index (χ4n) is 11.3. The summed E-state index contributed by atoms with van der Waals surface area (Å²) in [5.74, 6) is 17.9. The van der Waals surface area contributed by atoms with Gasteiger partial charge in [-0.25, -0.2) is 4.99 Å². The summed E-state index contributed by atoms with van der Waals surface area (Å²) < 4.78 is 25.2. The van der Waals surface area contributed by atoms with Crippen LogP contribution in [0.15, 0.2) is 23.2 Å². The third kappa shape index (κ3) is 10.7. The zero-order valence-electron chi connectivity index (χ0n) is 38.5. The van der Waals surface area contributed by atoms with Gasteiger partial charge < -0.3 is 45.3 Å². The van der Waals surface area contributed by atoms with Gasteiger partial charge >= 0.3 is 0 Å². The number of aromatic hydroxyl groups is 1. The Morgan fingerprint density at radius 3 is 2.65 bits per heavy atom. The highest BCUT2D eigenvalue weighted by molar-refractivity contribution is 8.76. The molecule has 10 atom stereocenters. The molecule has 7 N–H and O–H groups in total. The highest BCUT2D eigenvalue weighted by atomic mass is 33.1. The molecule has 0 amide bonds. The van der Waals surface area contributed by atoms with E-state index >= 15 is 0 Å². The van der Waals surface area contributed by atoms with E-state index in [1.165, 1.54) is 13.5 Å². The van der Waals surface area contributed by atoms with Crippen molar-refractivity contribution in [2.45, 2.75) is 134 Å². The average Bonchev–Trinajstić information content (AvgIpc) is 3.43. The number of rotatable bonds is 4. The topological polar surface area (TPSA) is 177 Å². The maximum atomic E-state index is 13.3. The molecule has 0 saturated heterocycles. The van der Waals surface area contributed by atoms with Gasteiger partial charge in [-0.05, 0) is 92.7 Å². The third-order valence-corrected chi connectivity index (χ3v) is 17.4. The number of carbonyl (C=O) groups excluding carboxylic acids is 1. The number of fused-ring (bicyclic) bond motifs is 6. The molecule has 2 fully saturated rings. The van der Waals surface area contributed by atoms with E-state index in [4.69, 9.17) is 29.7 Å². The Hall–Kier alpha value is -3.76. The van der Waals surface area contributed by atoms with Gasteiger partial charge in [0.1, 0.15) is 12.5 Å². The fourth-order valence-corrected chi connectivity index (χ4v) is 14.2. The number of carbonyl (C=O) groups is 1. The van der Waals surface area contributed by atoms with Crippen LogP contribution in [0.25, 0.3) is 0 Å². The SMILES string of the molecule is COC[C@H]1CC[C@H]2C#C[C@@H]3NC(N)=N[C@@H](C(C)C)CSSC[C@H]3[C@H]3Cc4c5cc(c(c4O[C@H]3O)OCN[C@]23CCCC[C@@H]3C1)CC#Cc1c(ccc(O)c1OC)CCC(=O)C[C@H](O)CC5. The zero-order valence-corrected chi connectivity index (χ0v) is 40.1. The number of phenols is 1. The number of aryl methyl sites for hydroxylation is 2. The number of Topliss-reactive ketones (excluding diaryl/α,β-unsaturated/α-hetero) is 1. The fraction of sp³-hybridized carbons (Fsp3) is 0.647. The Balaban J connectivity index is 1.29. The maximum Gasteiger partial charge on any atom is 0.201 e. The number of hydrogen-bond donors (Lipinski definition) is 6. The van der Waals surface area contributed by atoms with Gasteiger partial charge in [-0.3, -0.25) is 10.1 Å². The molecule has 0 aromatic heterocycles. The van der Waals surface area contributed by atoms with Crippen LogP contribution in [0, 0.1) is 59.2 Å². The Morgan fingerprint density at radius 2 is 1.83 bits per heavy atom. The van der Waals surface area contributed by atoms with Crippen molar-refractivity contribution in [1.82, 2.24) is 10.6 Å². The number of benzene rings is 2. The first-order chi connectivity index (χ1) is 31.5. The predicted octanol–water partition coefficient (Wildman–Crippen LogP) is 6.31. The summed E-state index contributed by atoms with van der Waals surface area (Å²) in [6.07, 6.45) is 7.47. The second-order valence-electron chi connectivity index (χ2n) is 19.4. The van der Waals surface area contributed by atoms with Crippen molar-refractivity contribution in [3.63, 3.8) is 0 Å². The number of methoxy groups -OCH3 is 2. The number of ketones is 1. The van der Waals surface area contributed by atoms with Gasteiger partial charge in [-0.1, -0.05) is 84.1 Å². The summed E-state index contributed by atoms with van der Waals surface area (Å²) in [7, 11) is 6.87. The number of nitrogens with one attached hydrogen (secondary N) is 2. The van der Waals surface area contributed by atoms with E-state index < -0.39 is 18.4 Å². The monoisotopic (exact) mass is 928 g/mol. The summed E-state index contributed by atoms with van der Waals surface area (Å²) in [6, 6.07) is 5.08. The number of aliphatic hydroxyl groups excluding tert-OH is 2. The molecule has 65 heavy (non-hydrogen) atoms. The first kappa shape index (κ1) is 47.7. The number of nitrogens with zero attached hydrogens (tertiary/aromatic N) is 1. The third-order valence-electron chi connectivity index (χ3n) is 15.0. The lowest BCUT2D eigenvalue weighted by Gasteiger charge is -2.48. The number of hydrogen-bond acceptors (Lipinski definition) is 14.